The number of phenolic OH excluding ortho intramolecular Hbond substituents is 1. The molecule has 1 unspecified atom stereocenters. The number of hydrogen-bond donors (Lipinski definition) is 5. The summed E-state index contributed by atoms with van der Waals surface area (Å²) in [6.45, 7) is 1.88. The first kappa shape index (κ1) is 23.3. The van der Waals surface area contributed by atoms with Gasteiger partial charge in [0.2, 0.25) is 6.79 Å². The Labute approximate surface area is 197 Å². The maximum absolute atomic E-state index is 10.3. The third-order valence-corrected chi connectivity index (χ3v) is 7.21. The third-order valence-electron chi connectivity index (χ3n) is 7.21. The molecule has 0 bridgehead atoms. The molecular weight excluding hydrogens is 444 g/mol. The van der Waals surface area contributed by atoms with Crippen molar-refractivity contribution in [3.63, 3.8) is 0 Å². The van der Waals surface area contributed by atoms with E-state index in [4.69, 9.17) is 18.9 Å². The quantitative estimate of drug-likeness (QED) is 0.426. The zero-order valence-corrected chi connectivity index (χ0v) is 18.8. The smallest absolute Gasteiger partial charge is 0.231 e. The molecule has 9 nitrogen and oxygen atoms in total. The second-order valence-electron chi connectivity index (χ2n) is 9.32. The van der Waals surface area contributed by atoms with Gasteiger partial charge in [0.15, 0.2) is 17.8 Å². The second kappa shape index (κ2) is 9.33. The van der Waals surface area contributed by atoms with Gasteiger partial charge in [0.25, 0.3) is 0 Å². The number of ether oxygens (including phenoxy) is 4. The number of benzene rings is 2. The van der Waals surface area contributed by atoms with E-state index in [1.165, 1.54) is 0 Å². The van der Waals surface area contributed by atoms with Crippen LogP contribution in [0.3, 0.4) is 0 Å². The predicted octanol–water partition coefficient (Wildman–Crippen LogP) is 0.798. The van der Waals surface area contributed by atoms with E-state index in [0.717, 1.165) is 22.3 Å². The van der Waals surface area contributed by atoms with E-state index in [1.54, 1.807) is 6.07 Å². The lowest BCUT2D eigenvalue weighted by Gasteiger charge is -2.41. The van der Waals surface area contributed by atoms with Gasteiger partial charge in [0.05, 0.1) is 13.2 Å². The first-order chi connectivity index (χ1) is 16.4. The molecule has 2 aromatic rings. The maximum atomic E-state index is 10.3. The van der Waals surface area contributed by atoms with Crippen LogP contribution >= 0.6 is 0 Å². The van der Waals surface area contributed by atoms with Gasteiger partial charge in [-0.1, -0.05) is 12.1 Å². The number of aliphatic hydroxyl groups excluding tert-OH is 4. The molecule has 1 saturated heterocycles. The fourth-order valence-electron chi connectivity index (χ4n) is 5.26. The van der Waals surface area contributed by atoms with Gasteiger partial charge in [-0.05, 0) is 65.6 Å². The van der Waals surface area contributed by atoms with Crippen LogP contribution in [0.1, 0.15) is 28.2 Å². The van der Waals surface area contributed by atoms with Crippen LogP contribution in [0.2, 0.25) is 0 Å². The normalized spacial score (nSPS) is 32.4. The van der Waals surface area contributed by atoms with Crippen LogP contribution in [-0.2, 0) is 15.9 Å². The van der Waals surface area contributed by atoms with Crippen molar-refractivity contribution in [1.29, 1.82) is 0 Å². The highest BCUT2D eigenvalue weighted by atomic mass is 16.7. The SMILES string of the molecule is Cc1cc2c(cc1O)C[C@H](CO)[C@@H](CO[C@@H]1OC[C@@H](O)[C@H](O)[C@H]1O)C2c1ccc2c(c1)OCO2. The van der Waals surface area contributed by atoms with Crippen molar-refractivity contribution in [2.75, 3.05) is 26.6 Å². The molecule has 1 aliphatic carbocycles. The molecule has 0 radical (unpaired) electrons. The standard InChI is InChI=1S/C25H30O9/c1-12-4-16-14(6-18(12)27)5-15(8-26)17(9-31-25-24(30)23(29)19(28)10-32-25)22(16)13-2-3-20-21(7-13)34-11-33-20/h2-4,6-7,15,17,19,22-30H,5,8-11H2,1H3/t15-,17-,19-,22?,23+,24-,25-/m1/s1. The molecule has 7 atom stereocenters. The molecule has 3 aliphatic rings. The molecule has 5 N–H and O–H groups in total. The summed E-state index contributed by atoms with van der Waals surface area (Å²) in [5, 5.41) is 50.6. The van der Waals surface area contributed by atoms with Crippen LogP contribution in [0.4, 0.5) is 0 Å². The minimum atomic E-state index is -1.39. The van der Waals surface area contributed by atoms with Gasteiger partial charge in [-0.15, -0.1) is 0 Å². The Morgan fingerprint density at radius 3 is 2.62 bits per heavy atom. The fraction of sp³-hybridized carbons (Fsp3) is 0.520. The number of aliphatic hydroxyl groups is 4. The molecule has 0 amide bonds. The molecule has 0 spiro atoms. The van der Waals surface area contributed by atoms with Crippen molar-refractivity contribution in [3.8, 4) is 17.2 Å². The minimum absolute atomic E-state index is 0.0986. The van der Waals surface area contributed by atoms with Gasteiger partial charge in [-0.3, -0.25) is 0 Å². The summed E-state index contributed by atoms with van der Waals surface area (Å²) < 4.78 is 22.4. The number of aryl methyl sites for hydroxylation is 1. The van der Waals surface area contributed by atoms with Crippen LogP contribution in [0.5, 0.6) is 17.2 Å². The van der Waals surface area contributed by atoms with Crippen LogP contribution in [0, 0.1) is 18.8 Å². The summed E-state index contributed by atoms with van der Waals surface area (Å²) in [7, 11) is 0. The number of hydrogen-bond acceptors (Lipinski definition) is 9. The minimum Gasteiger partial charge on any atom is -0.508 e. The molecule has 2 aliphatic heterocycles. The van der Waals surface area contributed by atoms with E-state index in [9.17, 15) is 25.5 Å². The van der Waals surface area contributed by atoms with Gasteiger partial charge >= 0.3 is 0 Å². The summed E-state index contributed by atoms with van der Waals surface area (Å²) in [4.78, 5) is 0. The predicted molar refractivity (Wildman–Crippen MR) is 119 cm³/mol. The highest BCUT2D eigenvalue weighted by Gasteiger charge is 2.42. The number of fused-ring (bicyclic) bond motifs is 2. The summed E-state index contributed by atoms with van der Waals surface area (Å²) in [6.07, 6.45) is -4.49. The molecule has 5 rings (SSSR count). The Kier molecular flexibility index (Phi) is 6.41. The third kappa shape index (κ3) is 4.13. The van der Waals surface area contributed by atoms with Crippen LogP contribution in [-0.4, -0.2) is 76.7 Å². The zero-order valence-electron chi connectivity index (χ0n) is 18.8. The molecule has 0 aromatic heterocycles. The monoisotopic (exact) mass is 474 g/mol. The fourth-order valence-corrected chi connectivity index (χ4v) is 5.26. The van der Waals surface area contributed by atoms with E-state index >= 15 is 0 Å². The highest BCUT2D eigenvalue weighted by Crippen LogP contribution is 2.47. The van der Waals surface area contributed by atoms with Gasteiger partial charge in [-0.2, -0.15) is 0 Å². The lowest BCUT2D eigenvalue weighted by Crippen LogP contribution is -2.54. The van der Waals surface area contributed by atoms with Crippen molar-refractivity contribution in [3.05, 3.63) is 52.6 Å². The van der Waals surface area contributed by atoms with Gasteiger partial charge in [0.1, 0.15) is 24.1 Å². The molecule has 34 heavy (non-hydrogen) atoms. The van der Waals surface area contributed by atoms with Crippen molar-refractivity contribution in [2.24, 2.45) is 11.8 Å². The van der Waals surface area contributed by atoms with Crippen molar-refractivity contribution in [2.45, 2.75) is 43.9 Å². The van der Waals surface area contributed by atoms with Crippen molar-refractivity contribution >= 4 is 0 Å². The van der Waals surface area contributed by atoms with E-state index in [2.05, 4.69) is 0 Å². The number of aromatic hydroxyl groups is 1. The van der Waals surface area contributed by atoms with E-state index in [-0.39, 0.29) is 50.1 Å². The summed E-state index contributed by atoms with van der Waals surface area (Å²) in [5.41, 5.74) is 3.67. The summed E-state index contributed by atoms with van der Waals surface area (Å²) in [6, 6.07) is 9.47. The first-order valence-electron chi connectivity index (χ1n) is 11.5. The Morgan fingerprint density at radius 1 is 1.03 bits per heavy atom. The maximum Gasteiger partial charge on any atom is 0.231 e. The van der Waals surface area contributed by atoms with Crippen molar-refractivity contribution < 1.29 is 44.5 Å². The molecular formula is C25H30O9. The molecule has 184 valence electrons. The number of phenols is 1. The van der Waals surface area contributed by atoms with E-state index < -0.39 is 24.6 Å². The average Bonchev–Trinajstić information content (AvgIpc) is 3.30. The average molecular weight is 475 g/mol. The Bertz CT molecular complexity index is 1040. The second-order valence-corrected chi connectivity index (χ2v) is 9.32. The molecule has 2 heterocycles. The largest absolute Gasteiger partial charge is 0.508 e. The highest BCUT2D eigenvalue weighted by molar-refractivity contribution is 5.52. The molecule has 0 saturated carbocycles. The molecule has 2 aromatic carbocycles. The Morgan fingerprint density at radius 2 is 1.82 bits per heavy atom. The van der Waals surface area contributed by atoms with Crippen molar-refractivity contribution in [1.82, 2.24) is 0 Å². The molecule has 9 heteroatoms. The topological polar surface area (TPSA) is 138 Å². The van der Waals surface area contributed by atoms with Gasteiger partial charge < -0.3 is 44.5 Å². The molecule has 1 fully saturated rings. The summed E-state index contributed by atoms with van der Waals surface area (Å²) in [5.74, 6) is 0.914. The zero-order chi connectivity index (χ0) is 24.0. The van der Waals surface area contributed by atoms with Crippen LogP contribution in [0.15, 0.2) is 30.3 Å². The van der Waals surface area contributed by atoms with Crippen LogP contribution in [0.25, 0.3) is 0 Å². The lowest BCUT2D eigenvalue weighted by molar-refractivity contribution is -0.274. The lowest BCUT2D eigenvalue weighted by atomic mass is 9.66. The Balaban J connectivity index is 1.50. The van der Waals surface area contributed by atoms with E-state index in [0.29, 0.717) is 17.9 Å². The number of rotatable bonds is 5. The Hall–Kier alpha value is -2.40. The van der Waals surface area contributed by atoms with Crippen LogP contribution < -0.4 is 9.47 Å². The van der Waals surface area contributed by atoms with Gasteiger partial charge in [0, 0.05) is 12.5 Å². The summed E-state index contributed by atoms with van der Waals surface area (Å²) >= 11 is 0. The first-order valence-corrected chi connectivity index (χ1v) is 11.5. The van der Waals surface area contributed by atoms with E-state index in [1.807, 2.05) is 31.2 Å². The van der Waals surface area contributed by atoms with Gasteiger partial charge in [-0.25, -0.2) is 0 Å².